The van der Waals surface area contributed by atoms with E-state index in [-0.39, 0.29) is 24.2 Å². The van der Waals surface area contributed by atoms with Gasteiger partial charge in [-0.05, 0) is 42.4 Å². The SMILES string of the molecule is COc1cccc(C(C)CC(=O)NC(C(=O)O)C2CC2)c1. The van der Waals surface area contributed by atoms with Gasteiger partial charge in [0.2, 0.25) is 5.91 Å². The molecule has 0 heterocycles. The smallest absolute Gasteiger partial charge is 0.326 e. The van der Waals surface area contributed by atoms with Gasteiger partial charge in [0.15, 0.2) is 0 Å². The molecule has 5 heteroatoms. The lowest BCUT2D eigenvalue weighted by Crippen LogP contribution is -2.42. The Morgan fingerprint density at radius 1 is 1.43 bits per heavy atom. The number of benzene rings is 1. The maximum Gasteiger partial charge on any atom is 0.326 e. The second-order valence-corrected chi connectivity index (χ2v) is 5.60. The van der Waals surface area contributed by atoms with Crippen LogP contribution in [0.2, 0.25) is 0 Å². The minimum Gasteiger partial charge on any atom is -0.497 e. The summed E-state index contributed by atoms with van der Waals surface area (Å²) in [5, 5.41) is 11.8. The molecule has 2 rings (SSSR count). The number of hydrogen-bond acceptors (Lipinski definition) is 3. The van der Waals surface area contributed by atoms with Crippen molar-refractivity contribution in [1.82, 2.24) is 5.32 Å². The zero-order valence-corrected chi connectivity index (χ0v) is 12.3. The van der Waals surface area contributed by atoms with Crippen molar-refractivity contribution in [1.29, 1.82) is 0 Å². The molecular formula is C16H21NO4. The van der Waals surface area contributed by atoms with Crippen molar-refractivity contribution in [2.24, 2.45) is 5.92 Å². The molecule has 0 aromatic heterocycles. The van der Waals surface area contributed by atoms with E-state index in [1.54, 1.807) is 7.11 Å². The molecule has 1 amide bonds. The van der Waals surface area contributed by atoms with E-state index < -0.39 is 12.0 Å². The van der Waals surface area contributed by atoms with Crippen LogP contribution in [0.25, 0.3) is 0 Å². The van der Waals surface area contributed by atoms with Crippen molar-refractivity contribution in [3.63, 3.8) is 0 Å². The molecule has 1 aromatic carbocycles. The Hall–Kier alpha value is -2.04. The highest BCUT2D eigenvalue weighted by Gasteiger charge is 2.37. The van der Waals surface area contributed by atoms with Crippen LogP contribution >= 0.6 is 0 Å². The number of amides is 1. The monoisotopic (exact) mass is 291 g/mol. The molecule has 5 nitrogen and oxygen atoms in total. The molecule has 114 valence electrons. The van der Waals surface area contributed by atoms with E-state index in [0.29, 0.717) is 0 Å². The summed E-state index contributed by atoms with van der Waals surface area (Å²) in [5.74, 6) is -0.307. The normalized spacial score (nSPS) is 16.9. The van der Waals surface area contributed by atoms with Crippen molar-refractivity contribution in [3.05, 3.63) is 29.8 Å². The van der Waals surface area contributed by atoms with Gasteiger partial charge < -0.3 is 15.2 Å². The Morgan fingerprint density at radius 2 is 2.14 bits per heavy atom. The molecule has 21 heavy (non-hydrogen) atoms. The van der Waals surface area contributed by atoms with Gasteiger partial charge >= 0.3 is 5.97 Å². The van der Waals surface area contributed by atoms with Gasteiger partial charge in [0.05, 0.1) is 7.11 Å². The standard InChI is InChI=1S/C16H21NO4/c1-10(12-4-3-5-13(9-12)21-2)8-14(18)17-15(16(19)20)11-6-7-11/h3-5,9-11,15H,6-8H2,1-2H3,(H,17,18)(H,19,20). The highest BCUT2D eigenvalue weighted by Crippen LogP contribution is 2.33. The lowest BCUT2D eigenvalue weighted by molar-refractivity contribution is -0.142. The largest absolute Gasteiger partial charge is 0.497 e. The number of carbonyl (C=O) groups is 2. The first-order valence-electron chi connectivity index (χ1n) is 7.17. The fourth-order valence-corrected chi connectivity index (χ4v) is 2.39. The predicted octanol–water partition coefficient (Wildman–Crippen LogP) is 2.17. The number of nitrogens with one attached hydrogen (secondary N) is 1. The summed E-state index contributed by atoms with van der Waals surface area (Å²) in [6.45, 7) is 1.95. The maximum absolute atomic E-state index is 12.0. The summed E-state index contributed by atoms with van der Waals surface area (Å²) >= 11 is 0. The molecule has 2 N–H and O–H groups in total. The third-order valence-corrected chi connectivity index (χ3v) is 3.83. The lowest BCUT2D eigenvalue weighted by atomic mass is 9.97. The van der Waals surface area contributed by atoms with E-state index in [4.69, 9.17) is 9.84 Å². The van der Waals surface area contributed by atoms with Gasteiger partial charge in [0.25, 0.3) is 0 Å². The summed E-state index contributed by atoms with van der Waals surface area (Å²) < 4.78 is 5.17. The fourth-order valence-electron chi connectivity index (χ4n) is 2.39. The Balaban J connectivity index is 1.93. The number of hydrogen-bond donors (Lipinski definition) is 2. The summed E-state index contributed by atoms with van der Waals surface area (Å²) in [6.07, 6.45) is 2.02. The number of carbonyl (C=O) groups excluding carboxylic acids is 1. The Bertz CT molecular complexity index is 525. The number of rotatable bonds is 7. The van der Waals surface area contributed by atoms with Crippen LogP contribution in [-0.4, -0.2) is 30.1 Å². The highest BCUT2D eigenvalue weighted by atomic mass is 16.5. The van der Waals surface area contributed by atoms with Crippen LogP contribution in [0.15, 0.2) is 24.3 Å². The molecule has 1 saturated carbocycles. The molecule has 0 bridgehead atoms. The average Bonchev–Trinajstić information content (AvgIpc) is 3.29. The third kappa shape index (κ3) is 4.21. The number of carboxylic acids is 1. The summed E-state index contributed by atoms with van der Waals surface area (Å²) in [6, 6.07) is 6.83. The van der Waals surface area contributed by atoms with Gasteiger partial charge in [-0.15, -0.1) is 0 Å². The molecule has 0 radical (unpaired) electrons. The van der Waals surface area contributed by atoms with Gasteiger partial charge in [0.1, 0.15) is 11.8 Å². The zero-order valence-electron chi connectivity index (χ0n) is 12.3. The second kappa shape index (κ2) is 6.61. The molecular weight excluding hydrogens is 270 g/mol. The molecule has 1 aliphatic carbocycles. The minimum atomic E-state index is -0.945. The molecule has 2 atom stereocenters. The minimum absolute atomic E-state index is 0.00810. The Morgan fingerprint density at radius 3 is 2.71 bits per heavy atom. The number of methoxy groups -OCH3 is 1. The van der Waals surface area contributed by atoms with Crippen molar-refractivity contribution in [2.45, 2.75) is 38.1 Å². The third-order valence-electron chi connectivity index (χ3n) is 3.83. The van der Waals surface area contributed by atoms with E-state index in [2.05, 4.69) is 5.32 Å². The first-order chi connectivity index (χ1) is 10.0. The molecule has 1 aliphatic rings. The van der Waals surface area contributed by atoms with Crippen LogP contribution in [0.5, 0.6) is 5.75 Å². The Kier molecular flexibility index (Phi) is 4.83. The molecule has 0 spiro atoms. The quantitative estimate of drug-likeness (QED) is 0.807. The van der Waals surface area contributed by atoms with Crippen LogP contribution in [-0.2, 0) is 9.59 Å². The van der Waals surface area contributed by atoms with Gasteiger partial charge in [-0.3, -0.25) is 4.79 Å². The van der Waals surface area contributed by atoms with Crippen LogP contribution in [0, 0.1) is 5.92 Å². The molecule has 1 fully saturated rings. The van der Waals surface area contributed by atoms with E-state index in [1.807, 2.05) is 31.2 Å². The van der Waals surface area contributed by atoms with Crippen molar-refractivity contribution < 1.29 is 19.4 Å². The van der Waals surface area contributed by atoms with Crippen LogP contribution < -0.4 is 10.1 Å². The molecule has 0 aliphatic heterocycles. The highest BCUT2D eigenvalue weighted by molar-refractivity contribution is 5.84. The summed E-state index contributed by atoms with van der Waals surface area (Å²) in [4.78, 5) is 23.1. The van der Waals surface area contributed by atoms with E-state index in [0.717, 1.165) is 24.2 Å². The van der Waals surface area contributed by atoms with Gasteiger partial charge in [0, 0.05) is 6.42 Å². The summed E-state index contributed by atoms with van der Waals surface area (Å²) in [5.41, 5.74) is 1.00. The van der Waals surface area contributed by atoms with Crippen molar-refractivity contribution >= 4 is 11.9 Å². The fraction of sp³-hybridized carbons (Fsp3) is 0.500. The lowest BCUT2D eigenvalue weighted by Gasteiger charge is -2.16. The summed E-state index contributed by atoms with van der Waals surface area (Å²) in [7, 11) is 1.60. The second-order valence-electron chi connectivity index (χ2n) is 5.60. The molecule has 1 aromatic rings. The topological polar surface area (TPSA) is 75.6 Å². The van der Waals surface area contributed by atoms with Crippen LogP contribution in [0.1, 0.15) is 37.7 Å². The van der Waals surface area contributed by atoms with Gasteiger partial charge in [-0.25, -0.2) is 4.79 Å². The Labute approximate surface area is 124 Å². The molecule has 2 unspecified atom stereocenters. The first-order valence-corrected chi connectivity index (χ1v) is 7.17. The van der Waals surface area contributed by atoms with Gasteiger partial charge in [-0.2, -0.15) is 0 Å². The van der Waals surface area contributed by atoms with Crippen molar-refractivity contribution in [2.75, 3.05) is 7.11 Å². The van der Waals surface area contributed by atoms with E-state index >= 15 is 0 Å². The average molecular weight is 291 g/mol. The van der Waals surface area contributed by atoms with Crippen LogP contribution in [0.3, 0.4) is 0 Å². The van der Waals surface area contributed by atoms with Crippen molar-refractivity contribution in [3.8, 4) is 5.75 Å². The number of aliphatic carboxylic acids is 1. The van der Waals surface area contributed by atoms with Gasteiger partial charge in [-0.1, -0.05) is 19.1 Å². The molecule has 0 saturated heterocycles. The first kappa shape index (κ1) is 15.4. The number of carboxylic acid groups (broad SMARTS) is 1. The van der Waals surface area contributed by atoms with E-state index in [9.17, 15) is 9.59 Å². The maximum atomic E-state index is 12.0. The van der Waals surface area contributed by atoms with Crippen LogP contribution in [0.4, 0.5) is 0 Å². The predicted molar refractivity (Wildman–Crippen MR) is 78.3 cm³/mol. The zero-order chi connectivity index (χ0) is 15.4. The number of ether oxygens (including phenoxy) is 1. The van der Waals surface area contributed by atoms with E-state index in [1.165, 1.54) is 0 Å².